The maximum absolute atomic E-state index is 12.1. The van der Waals surface area contributed by atoms with Crippen LogP contribution in [0.25, 0.3) is 0 Å². The Balaban J connectivity index is 2.00. The maximum atomic E-state index is 12.1. The largest absolute Gasteiger partial charge is 0.364 e. The third-order valence-electron chi connectivity index (χ3n) is 4.88. The van der Waals surface area contributed by atoms with E-state index in [9.17, 15) is 19.7 Å². The van der Waals surface area contributed by atoms with Crippen molar-refractivity contribution in [1.29, 1.82) is 0 Å². The number of hydrogen-bond acceptors (Lipinski definition) is 6. The molecule has 0 radical (unpaired) electrons. The second kappa shape index (κ2) is 9.67. The SMILES string of the molecule is CC(=O)c1ccccc1NC(Cc1ccccc1[N+](=O)[O-])Nc1ccccc1C(C)=O. The monoisotopic (exact) mass is 417 g/mol. The summed E-state index contributed by atoms with van der Waals surface area (Å²) in [6.07, 6.45) is -0.280. The summed E-state index contributed by atoms with van der Waals surface area (Å²) in [6, 6.07) is 20.7. The number of nitro groups is 1. The van der Waals surface area contributed by atoms with Gasteiger partial charge in [0.05, 0.1) is 4.92 Å². The molecule has 3 aromatic carbocycles. The number of nitrogens with one attached hydrogen (secondary N) is 2. The van der Waals surface area contributed by atoms with Crippen molar-refractivity contribution in [1.82, 2.24) is 0 Å². The Bertz CT molecular complexity index is 986. The van der Waals surface area contributed by atoms with Crippen LogP contribution in [0.4, 0.5) is 17.1 Å². The topological polar surface area (TPSA) is 101 Å². The zero-order valence-electron chi connectivity index (χ0n) is 17.3. The van der Waals surface area contributed by atoms with Gasteiger partial charge in [0.2, 0.25) is 0 Å². The molecule has 158 valence electrons. The zero-order chi connectivity index (χ0) is 22.4. The smallest absolute Gasteiger partial charge is 0.272 e. The fourth-order valence-electron chi connectivity index (χ4n) is 3.43. The van der Waals surface area contributed by atoms with Gasteiger partial charge >= 0.3 is 0 Å². The maximum Gasteiger partial charge on any atom is 0.272 e. The average Bonchev–Trinajstić information content (AvgIpc) is 2.74. The van der Waals surface area contributed by atoms with E-state index in [-0.39, 0.29) is 23.7 Å². The molecule has 7 nitrogen and oxygen atoms in total. The third kappa shape index (κ3) is 5.33. The number of benzene rings is 3. The lowest BCUT2D eigenvalue weighted by Gasteiger charge is -2.25. The first kappa shape index (κ1) is 21.7. The van der Waals surface area contributed by atoms with Crippen molar-refractivity contribution in [3.05, 3.63) is 99.6 Å². The minimum atomic E-state index is -0.526. The molecule has 7 heteroatoms. The van der Waals surface area contributed by atoms with Crippen molar-refractivity contribution in [2.75, 3.05) is 10.6 Å². The number of Topliss-reactive ketones (excluding diaryl/α,β-unsaturated/α-hetero) is 2. The Morgan fingerprint density at radius 2 is 1.26 bits per heavy atom. The molecule has 0 aromatic heterocycles. The molecular formula is C24H23N3O4. The first-order valence-corrected chi connectivity index (χ1v) is 9.82. The highest BCUT2D eigenvalue weighted by molar-refractivity contribution is 6.00. The predicted octanol–water partition coefficient (Wildman–Crippen LogP) is 5.09. The third-order valence-corrected chi connectivity index (χ3v) is 4.88. The number of nitrogens with zero attached hydrogens (tertiary/aromatic N) is 1. The molecule has 31 heavy (non-hydrogen) atoms. The summed E-state index contributed by atoms with van der Waals surface area (Å²) >= 11 is 0. The van der Waals surface area contributed by atoms with Crippen LogP contribution in [-0.4, -0.2) is 22.7 Å². The molecule has 0 atom stereocenters. The molecular weight excluding hydrogens is 394 g/mol. The lowest BCUT2D eigenvalue weighted by molar-refractivity contribution is -0.385. The quantitative estimate of drug-likeness (QED) is 0.218. The van der Waals surface area contributed by atoms with E-state index < -0.39 is 11.1 Å². The number of hydrogen-bond donors (Lipinski definition) is 2. The lowest BCUT2D eigenvalue weighted by atomic mass is 10.0. The molecule has 3 rings (SSSR count). The Labute approximate surface area is 180 Å². The van der Waals surface area contributed by atoms with Crippen molar-refractivity contribution in [3.63, 3.8) is 0 Å². The second-order valence-electron chi connectivity index (χ2n) is 7.13. The van der Waals surface area contributed by atoms with Crippen molar-refractivity contribution >= 4 is 28.6 Å². The van der Waals surface area contributed by atoms with Crippen LogP contribution in [0.15, 0.2) is 72.8 Å². The Morgan fingerprint density at radius 3 is 1.74 bits per heavy atom. The van der Waals surface area contributed by atoms with Gasteiger partial charge in [-0.3, -0.25) is 19.7 Å². The van der Waals surface area contributed by atoms with Crippen LogP contribution in [0, 0.1) is 10.1 Å². The highest BCUT2D eigenvalue weighted by atomic mass is 16.6. The van der Waals surface area contributed by atoms with Crippen LogP contribution in [0.2, 0.25) is 0 Å². The van der Waals surface area contributed by atoms with Crippen LogP contribution < -0.4 is 10.6 Å². The molecule has 0 spiro atoms. The zero-order valence-corrected chi connectivity index (χ0v) is 17.3. The van der Waals surface area contributed by atoms with Crippen molar-refractivity contribution in [2.24, 2.45) is 0 Å². The van der Waals surface area contributed by atoms with Gasteiger partial charge in [-0.05, 0) is 38.1 Å². The first-order valence-electron chi connectivity index (χ1n) is 9.82. The lowest BCUT2D eigenvalue weighted by Crippen LogP contribution is -2.32. The molecule has 0 aliphatic rings. The van der Waals surface area contributed by atoms with Gasteiger partial charge in [0, 0.05) is 40.6 Å². The fraction of sp³-hybridized carbons (Fsp3) is 0.167. The summed E-state index contributed by atoms with van der Waals surface area (Å²) in [5.74, 6) is -0.201. The van der Waals surface area contributed by atoms with E-state index in [2.05, 4.69) is 10.6 Å². The van der Waals surface area contributed by atoms with Gasteiger partial charge in [-0.1, -0.05) is 42.5 Å². The number of nitro benzene ring substituents is 1. The Kier molecular flexibility index (Phi) is 6.77. The van der Waals surface area contributed by atoms with Crippen LogP contribution >= 0.6 is 0 Å². The minimum absolute atomic E-state index is 0.0100. The van der Waals surface area contributed by atoms with E-state index in [4.69, 9.17) is 0 Å². The molecule has 0 bridgehead atoms. The molecule has 0 saturated heterocycles. The molecule has 0 amide bonds. The van der Waals surface area contributed by atoms with E-state index >= 15 is 0 Å². The van der Waals surface area contributed by atoms with Gasteiger partial charge < -0.3 is 10.6 Å². The van der Waals surface area contributed by atoms with Gasteiger partial charge in [-0.2, -0.15) is 0 Å². The van der Waals surface area contributed by atoms with Crippen molar-refractivity contribution in [3.8, 4) is 0 Å². The number of rotatable bonds is 9. The van der Waals surface area contributed by atoms with Gasteiger partial charge in [-0.15, -0.1) is 0 Å². The Hall–Kier alpha value is -4.00. The Morgan fingerprint density at radius 1 is 0.806 bits per heavy atom. The molecule has 0 fully saturated rings. The fourth-order valence-corrected chi connectivity index (χ4v) is 3.43. The molecule has 2 N–H and O–H groups in total. The van der Waals surface area contributed by atoms with Gasteiger partial charge in [0.15, 0.2) is 11.6 Å². The van der Waals surface area contributed by atoms with E-state index in [1.165, 1.54) is 19.9 Å². The molecule has 0 heterocycles. The summed E-state index contributed by atoms with van der Waals surface area (Å²) in [6.45, 7) is 2.96. The van der Waals surface area contributed by atoms with E-state index in [1.807, 2.05) is 0 Å². The summed E-state index contributed by atoms with van der Waals surface area (Å²) in [4.78, 5) is 35.2. The number of para-hydroxylation sites is 3. The highest BCUT2D eigenvalue weighted by Crippen LogP contribution is 2.25. The van der Waals surface area contributed by atoms with Crippen molar-refractivity contribution in [2.45, 2.75) is 26.4 Å². The van der Waals surface area contributed by atoms with Crippen LogP contribution in [0.5, 0.6) is 0 Å². The molecule has 0 aliphatic heterocycles. The van der Waals surface area contributed by atoms with Crippen molar-refractivity contribution < 1.29 is 14.5 Å². The van der Waals surface area contributed by atoms with E-state index in [0.717, 1.165) is 0 Å². The van der Waals surface area contributed by atoms with Crippen LogP contribution in [-0.2, 0) is 6.42 Å². The van der Waals surface area contributed by atoms with E-state index in [0.29, 0.717) is 28.1 Å². The van der Waals surface area contributed by atoms with Crippen LogP contribution in [0.1, 0.15) is 40.1 Å². The standard InChI is InChI=1S/C24H23N3O4/c1-16(28)19-10-4-6-12-21(19)25-24(15-18-9-3-8-14-23(18)27(30)31)26-22-13-7-5-11-20(22)17(2)29/h3-14,24-26H,15H2,1-2H3. The summed E-state index contributed by atoms with van der Waals surface area (Å²) in [5, 5.41) is 18.1. The molecule has 0 unspecified atom stereocenters. The number of anilines is 2. The summed E-state index contributed by atoms with van der Waals surface area (Å²) < 4.78 is 0. The minimum Gasteiger partial charge on any atom is -0.364 e. The van der Waals surface area contributed by atoms with Gasteiger partial charge in [0.1, 0.15) is 6.17 Å². The normalized spacial score (nSPS) is 10.5. The average molecular weight is 417 g/mol. The predicted molar refractivity (Wildman–Crippen MR) is 121 cm³/mol. The first-order chi connectivity index (χ1) is 14.9. The number of carbonyl (C=O) groups is 2. The molecule has 0 aliphatic carbocycles. The molecule has 3 aromatic rings. The number of ketones is 2. The highest BCUT2D eigenvalue weighted by Gasteiger charge is 2.20. The summed E-state index contributed by atoms with van der Waals surface area (Å²) in [7, 11) is 0. The van der Waals surface area contributed by atoms with Gasteiger partial charge in [0.25, 0.3) is 5.69 Å². The second-order valence-corrected chi connectivity index (χ2v) is 7.13. The number of carbonyl (C=O) groups excluding carboxylic acids is 2. The summed E-state index contributed by atoms with van der Waals surface area (Å²) in [5.41, 5.74) is 2.76. The van der Waals surface area contributed by atoms with E-state index in [1.54, 1.807) is 66.7 Å². The van der Waals surface area contributed by atoms with Gasteiger partial charge in [-0.25, -0.2) is 0 Å². The van der Waals surface area contributed by atoms with Crippen LogP contribution in [0.3, 0.4) is 0 Å². The molecule has 0 saturated carbocycles.